The molecule has 0 aliphatic carbocycles. The quantitative estimate of drug-likeness (QED) is 0.830. The third-order valence-corrected chi connectivity index (χ3v) is 4.24. The molecule has 1 atom stereocenters. The van der Waals surface area contributed by atoms with E-state index in [0.29, 0.717) is 5.56 Å². The lowest BCUT2D eigenvalue weighted by atomic mass is 9.97. The largest absolute Gasteiger partial charge is 0.416 e. The van der Waals surface area contributed by atoms with Crippen LogP contribution in [0.25, 0.3) is 0 Å². The summed E-state index contributed by atoms with van der Waals surface area (Å²) in [7, 11) is 0. The van der Waals surface area contributed by atoms with E-state index in [1.807, 2.05) is 25.1 Å². The fourth-order valence-corrected chi connectivity index (χ4v) is 2.48. The summed E-state index contributed by atoms with van der Waals surface area (Å²) in [5.74, 6) is 0. The van der Waals surface area contributed by atoms with E-state index < -0.39 is 17.8 Å². The second-order valence-corrected chi connectivity index (χ2v) is 5.37. The lowest BCUT2D eigenvalue weighted by Gasteiger charge is -2.16. The highest BCUT2D eigenvalue weighted by atomic mass is 79.9. The van der Waals surface area contributed by atoms with Gasteiger partial charge in [0.15, 0.2) is 0 Å². The molecule has 0 saturated heterocycles. The highest BCUT2D eigenvalue weighted by molar-refractivity contribution is 9.10. The fourth-order valence-electron chi connectivity index (χ4n) is 1.97. The number of rotatable bonds is 2. The molecule has 20 heavy (non-hydrogen) atoms. The minimum Gasteiger partial charge on any atom is -0.320 e. The first-order valence-corrected chi connectivity index (χ1v) is 6.77. The summed E-state index contributed by atoms with van der Waals surface area (Å²) in [4.78, 5) is 0. The van der Waals surface area contributed by atoms with Crippen LogP contribution < -0.4 is 5.73 Å². The molecule has 0 fully saturated rings. The highest BCUT2D eigenvalue weighted by Gasteiger charge is 2.30. The van der Waals surface area contributed by atoms with E-state index in [4.69, 9.17) is 5.73 Å². The van der Waals surface area contributed by atoms with Crippen LogP contribution in [0.3, 0.4) is 0 Å². The van der Waals surface area contributed by atoms with Gasteiger partial charge in [0, 0.05) is 4.47 Å². The molecule has 0 spiro atoms. The Hall–Kier alpha value is -1.33. The molecule has 0 aliphatic heterocycles. The average molecular weight is 344 g/mol. The molecule has 0 radical (unpaired) electrons. The second kappa shape index (κ2) is 5.58. The molecule has 0 bridgehead atoms. The van der Waals surface area contributed by atoms with E-state index >= 15 is 0 Å². The Morgan fingerprint density at radius 2 is 1.65 bits per heavy atom. The zero-order chi connectivity index (χ0) is 14.9. The number of nitrogens with two attached hydrogens (primary N) is 1. The average Bonchev–Trinajstić information content (AvgIpc) is 2.40. The Kier molecular flexibility index (Phi) is 4.20. The number of hydrogen-bond donors (Lipinski definition) is 1. The van der Waals surface area contributed by atoms with Crippen molar-refractivity contribution in [1.29, 1.82) is 0 Å². The van der Waals surface area contributed by atoms with Crippen LogP contribution in [0.1, 0.15) is 28.3 Å². The van der Waals surface area contributed by atoms with E-state index in [9.17, 15) is 13.2 Å². The van der Waals surface area contributed by atoms with Crippen molar-refractivity contribution in [3.63, 3.8) is 0 Å². The molecule has 5 heteroatoms. The Morgan fingerprint density at radius 1 is 1.05 bits per heavy atom. The van der Waals surface area contributed by atoms with Crippen LogP contribution in [-0.4, -0.2) is 0 Å². The molecule has 0 heterocycles. The molecule has 0 amide bonds. The predicted molar refractivity (Wildman–Crippen MR) is 76.4 cm³/mol. The van der Waals surface area contributed by atoms with Crippen molar-refractivity contribution in [2.45, 2.75) is 19.1 Å². The van der Waals surface area contributed by atoms with Crippen LogP contribution in [0.5, 0.6) is 0 Å². The van der Waals surface area contributed by atoms with Gasteiger partial charge in [0.05, 0.1) is 11.6 Å². The first-order valence-electron chi connectivity index (χ1n) is 5.98. The summed E-state index contributed by atoms with van der Waals surface area (Å²) in [6.07, 6.45) is -4.33. The van der Waals surface area contributed by atoms with Crippen molar-refractivity contribution in [2.75, 3.05) is 0 Å². The summed E-state index contributed by atoms with van der Waals surface area (Å²) in [6, 6.07) is 10.2. The summed E-state index contributed by atoms with van der Waals surface area (Å²) in [6.45, 7) is 1.94. The maximum absolute atomic E-state index is 12.5. The zero-order valence-corrected chi connectivity index (χ0v) is 12.3. The summed E-state index contributed by atoms with van der Waals surface area (Å²) < 4.78 is 38.4. The van der Waals surface area contributed by atoms with E-state index in [-0.39, 0.29) is 0 Å². The van der Waals surface area contributed by atoms with Crippen LogP contribution in [0.15, 0.2) is 46.9 Å². The molecular formula is C15H13BrF3N. The molecular weight excluding hydrogens is 331 g/mol. The van der Waals surface area contributed by atoms with Crippen molar-refractivity contribution < 1.29 is 13.2 Å². The van der Waals surface area contributed by atoms with Gasteiger partial charge in [0.1, 0.15) is 0 Å². The molecule has 2 aromatic rings. The van der Waals surface area contributed by atoms with Gasteiger partial charge in [-0.1, -0.05) is 46.3 Å². The van der Waals surface area contributed by atoms with E-state index in [1.54, 1.807) is 0 Å². The number of aryl methyl sites for hydroxylation is 1. The van der Waals surface area contributed by atoms with Crippen molar-refractivity contribution in [2.24, 2.45) is 5.73 Å². The number of benzene rings is 2. The van der Waals surface area contributed by atoms with Gasteiger partial charge in [-0.2, -0.15) is 13.2 Å². The Labute approximate surface area is 123 Å². The molecule has 1 nitrogen and oxygen atoms in total. The van der Waals surface area contributed by atoms with Crippen LogP contribution in [0, 0.1) is 6.92 Å². The summed E-state index contributed by atoms with van der Waals surface area (Å²) >= 11 is 3.46. The summed E-state index contributed by atoms with van der Waals surface area (Å²) in [5.41, 5.74) is 7.99. The van der Waals surface area contributed by atoms with Crippen molar-refractivity contribution >= 4 is 15.9 Å². The monoisotopic (exact) mass is 343 g/mol. The molecule has 106 valence electrons. The van der Waals surface area contributed by atoms with Crippen molar-refractivity contribution in [1.82, 2.24) is 0 Å². The molecule has 1 unspecified atom stereocenters. The maximum atomic E-state index is 12.5. The van der Waals surface area contributed by atoms with Gasteiger partial charge in [-0.3, -0.25) is 0 Å². The molecule has 0 saturated carbocycles. The van der Waals surface area contributed by atoms with Crippen LogP contribution in [0.2, 0.25) is 0 Å². The van der Waals surface area contributed by atoms with E-state index in [0.717, 1.165) is 27.7 Å². The molecule has 2 aromatic carbocycles. The highest BCUT2D eigenvalue weighted by Crippen LogP contribution is 2.32. The van der Waals surface area contributed by atoms with Crippen molar-refractivity contribution in [3.05, 3.63) is 69.2 Å². The van der Waals surface area contributed by atoms with Crippen LogP contribution in [-0.2, 0) is 6.18 Å². The van der Waals surface area contributed by atoms with Gasteiger partial charge in [-0.15, -0.1) is 0 Å². The van der Waals surface area contributed by atoms with Gasteiger partial charge >= 0.3 is 6.18 Å². The lowest BCUT2D eigenvalue weighted by molar-refractivity contribution is -0.137. The maximum Gasteiger partial charge on any atom is 0.416 e. The third-order valence-electron chi connectivity index (χ3n) is 3.15. The Morgan fingerprint density at radius 3 is 2.20 bits per heavy atom. The van der Waals surface area contributed by atoms with Crippen LogP contribution >= 0.6 is 15.9 Å². The van der Waals surface area contributed by atoms with Gasteiger partial charge < -0.3 is 5.73 Å². The Bertz CT molecular complexity index is 606. The molecule has 0 aliphatic rings. The lowest BCUT2D eigenvalue weighted by Crippen LogP contribution is -2.13. The number of halogens is 4. The summed E-state index contributed by atoms with van der Waals surface area (Å²) in [5, 5.41) is 0. The predicted octanol–water partition coefficient (Wildman–Crippen LogP) is 4.82. The van der Waals surface area contributed by atoms with E-state index in [1.165, 1.54) is 12.1 Å². The normalized spacial score (nSPS) is 13.3. The van der Waals surface area contributed by atoms with Gasteiger partial charge in [0.2, 0.25) is 0 Å². The van der Waals surface area contributed by atoms with E-state index in [2.05, 4.69) is 15.9 Å². The zero-order valence-electron chi connectivity index (χ0n) is 10.7. The third kappa shape index (κ3) is 3.04. The SMILES string of the molecule is Cc1cccc(C(N)c2ccc(C(F)(F)F)cc2)c1Br. The van der Waals surface area contributed by atoms with Gasteiger partial charge in [-0.05, 0) is 35.7 Å². The fraction of sp³-hybridized carbons (Fsp3) is 0.200. The smallest absolute Gasteiger partial charge is 0.320 e. The van der Waals surface area contributed by atoms with Gasteiger partial charge in [0.25, 0.3) is 0 Å². The number of alkyl halides is 3. The first kappa shape index (κ1) is 15.1. The minimum absolute atomic E-state index is 0.466. The Balaban J connectivity index is 2.34. The molecule has 0 aromatic heterocycles. The van der Waals surface area contributed by atoms with Gasteiger partial charge in [-0.25, -0.2) is 0 Å². The van der Waals surface area contributed by atoms with Crippen LogP contribution in [0.4, 0.5) is 13.2 Å². The minimum atomic E-state index is -4.33. The molecule has 2 rings (SSSR count). The second-order valence-electron chi connectivity index (χ2n) is 4.58. The standard InChI is InChI=1S/C15H13BrF3N/c1-9-3-2-4-12(13(9)16)14(20)10-5-7-11(8-6-10)15(17,18)19/h2-8,14H,20H2,1H3. The van der Waals surface area contributed by atoms with Crippen molar-refractivity contribution in [3.8, 4) is 0 Å². The topological polar surface area (TPSA) is 26.0 Å². The number of hydrogen-bond acceptors (Lipinski definition) is 1. The molecule has 2 N–H and O–H groups in total. The first-order chi connectivity index (χ1) is 9.30.